The third-order valence-corrected chi connectivity index (χ3v) is 5.45. The second-order valence-electron chi connectivity index (χ2n) is 5.38. The first-order valence-electron chi connectivity index (χ1n) is 7.99. The molecule has 0 N–H and O–H groups in total. The predicted octanol–water partition coefficient (Wildman–Crippen LogP) is 2.76. The first-order valence-corrected chi connectivity index (χ1v) is 9.43. The lowest BCUT2D eigenvalue weighted by molar-refractivity contribution is 0.326. The summed E-state index contributed by atoms with van der Waals surface area (Å²) >= 11 is 0. The lowest BCUT2D eigenvalue weighted by atomic mass is 10.1. The minimum absolute atomic E-state index is 0.0531. The first kappa shape index (κ1) is 17.8. The molecule has 0 aliphatic rings. The molecule has 7 nitrogen and oxygen atoms in total. The van der Waals surface area contributed by atoms with E-state index < -0.39 is 10.0 Å². The van der Waals surface area contributed by atoms with Crippen molar-refractivity contribution in [2.75, 3.05) is 18.0 Å². The van der Waals surface area contributed by atoms with Crippen molar-refractivity contribution in [1.29, 1.82) is 0 Å². The Morgan fingerprint density at radius 1 is 1.00 bits per heavy atom. The smallest absolute Gasteiger partial charge is 0.266 e. The van der Waals surface area contributed by atoms with Crippen molar-refractivity contribution in [2.24, 2.45) is 0 Å². The molecule has 26 heavy (non-hydrogen) atoms. The van der Waals surface area contributed by atoms with Gasteiger partial charge in [0.15, 0.2) is 5.82 Å². The van der Waals surface area contributed by atoms with E-state index in [1.165, 1.54) is 25.4 Å². The summed E-state index contributed by atoms with van der Waals surface area (Å²) in [5, 5.41) is 8.17. The van der Waals surface area contributed by atoms with Gasteiger partial charge in [-0.15, -0.1) is 10.2 Å². The van der Waals surface area contributed by atoms with Crippen molar-refractivity contribution < 1.29 is 13.2 Å². The fourth-order valence-corrected chi connectivity index (χ4v) is 3.38. The molecule has 0 aliphatic carbocycles. The number of hydrogen-bond acceptors (Lipinski definition) is 6. The van der Waals surface area contributed by atoms with Gasteiger partial charge in [-0.05, 0) is 25.1 Å². The number of pyridine rings is 1. The van der Waals surface area contributed by atoms with Gasteiger partial charge in [-0.1, -0.05) is 30.3 Å². The fourth-order valence-electron chi connectivity index (χ4n) is 2.29. The van der Waals surface area contributed by atoms with Crippen molar-refractivity contribution in [3.63, 3.8) is 0 Å². The van der Waals surface area contributed by atoms with Gasteiger partial charge in [-0.2, -0.15) is 0 Å². The van der Waals surface area contributed by atoms with Crippen LogP contribution in [0, 0.1) is 0 Å². The Labute approximate surface area is 152 Å². The first-order chi connectivity index (χ1) is 12.5. The zero-order chi connectivity index (χ0) is 18.6. The average molecular weight is 370 g/mol. The highest BCUT2D eigenvalue weighted by Gasteiger charge is 2.23. The fraction of sp³-hybridized carbons (Fsp3) is 0.167. The van der Waals surface area contributed by atoms with Crippen LogP contribution < -0.4 is 9.04 Å². The zero-order valence-electron chi connectivity index (χ0n) is 14.4. The van der Waals surface area contributed by atoms with Crippen LogP contribution in [0.1, 0.15) is 6.92 Å². The number of sulfonamides is 1. The molecule has 2 aromatic heterocycles. The molecule has 0 amide bonds. The average Bonchev–Trinajstić information content (AvgIpc) is 2.69. The second-order valence-corrected chi connectivity index (χ2v) is 7.35. The van der Waals surface area contributed by atoms with E-state index in [-0.39, 0.29) is 10.7 Å². The molecule has 134 valence electrons. The van der Waals surface area contributed by atoms with E-state index in [1.54, 1.807) is 12.1 Å². The maximum atomic E-state index is 12.7. The van der Waals surface area contributed by atoms with Gasteiger partial charge in [0.25, 0.3) is 10.0 Å². The summed E-state index contributed by atoms with van der Waals surface area (Å²) in [6.45, 7) is 2.29. The predicted molar refractivity (Wildman–Crippen MR) is 98.5 cm³/mol. The number of nitrogens with zero attached hydrogens (tertiary/aromatic N) is 4. The normalized spacial score (nSPS) is 11.2. The van der Waals surface area contributed by atoms with Gasteiger partial charge in [0, 0.05) is 18.7 Å². The number of hydrogen-bond donors (Lipinski definition) is 0. The molecular weight excluding hydrogens is 352 g/mol. The second kappa shape index (κ2) is 7.49. The van der Waals surface area contributed by atoms with Crippen LogP contribution in [0.5, 0.6) is 5.88 Å². The third kappa shape index (κ3) is 3.65. The highest BCUT2D eigenvalue weighted by Crippen LogP contribution is 2.22. The van der Waals surface area contributed by atoms with Crippen molar-refractivity contribution in [1.82, 2.24) is 15.2 Å². The molecule has 8 heteroatoms. The van der Waals surface area contributed by atoms with E-state index in [1.807, 2.05) is 37.3 Å². The standard InChI is InChI=1S/C18H18N4O3S/c1-3-25-18-12-9-15(13-19-18)26(23,24)22(2)17-11-10-16(20-21-17)14-7-5-4-6-8-14/h4-13H,3H2,1-2H3. The Balaban J connectivity index is 1.84. The van der Waals surface area contributed by atoms with Crippen LogP contribution in [0.25, 0.3) is 11.3 Å². The zero-order valence-corrected chi connectivity index (χ0v) is 15.2. The molecule has 0 saturated heterocycles. The van der Waals surface area contributed by atoms with Gasteiger partial charge < -0.3 is 4.74 Å². The van der Waals surface area contributed by atoms with Crippen molar-refractivity contribution in [2.45, 2.75) is 11.8 Å². The summed E-state index contributed by atoms with van der Waals surface area (Å²) in [6, 6.07) is 15.9. The van der Waals surface area contributed by atoms with Gasteiger partial charge in [-0.3, -0.25) is 4.31 Å². The minimum atomic E-state index is -3.79. The van der Waals surface area contributed by atoms with Gasteiger partial charge in [0.1, 0.15) is 4.90 Å². The summed E-state index contributed by atoms with van der Waals surface area (Å²) < 4.78 is 31.8. The Morgan fingerprint density at radius 3 is 2.35 bits per heavy atom. The highest BCUT2D eigenvalue weighted by molar-refractivity contribution is 7.92. The van der Waals surface area contributed by atoms with E-state index in [9.17, 15) is 8.42 Å². The van der Waals surface area contributed by atoms with Crippen molar-refractivity contribution in [3.05, 3.63) is 60.8 Å². The van der Waals surface area contributed by atoms with Crippen LogP contribution in [0.2, 0.25) is 0 Å². The van der Waals surface area contributed by atoms with Crippen LogP contribution in [0.4, 0.5) is 5.82 Å². The van der Waals surface area contributed by atoms with E-state index >= 15 is 0 Å². The monoisotopic (exact) mass is 370 g/mol. The third-order valence-electron chi connectivity index (χ3n) is 3.70. The lowest BCUT2D eigenvalue weighted by Crippen LogP contribution is -2.27. The van der Waals surface area contributed by atoms with Crippen LogP contribution in [0.3, 0.4) is 0 Å². The van der Waals surface area contributed by atoms with Gasteiger partial charge in [0.05, 0.1) is 18.5 Å². The number of ether oxygens (including phenoxy) is 1. The summed E-state index contributed by atoms with van der Waals surface area (Å²) in [5.41, 5.74) is 1.58. The number of aromatic nitrogens is 3. The molecular formula is C18H18N4O3S. The highest BCUT2D eigenvalue weighted by atomic mass is 32.2. The van der Waals surface area contributed by atoms with Crippen LogP contribution >= 0.6 is 0 Å². The van der Waals surface area contributed by atoms with E-state index in [0.717, 1.165) is 9.87 Å². The summed E-state index contributed by atoms with van der Waals surface area (Å²) in [5.74, 6) is 0.597. The Morgan fingerprint density at radius 2 is 1.77 bits per heavy atom. The maximum Gasteiger partial charge on any atom is 0.266 e. The molecule has 0 unspecified atom stereocenters. The molecule has 0 radical (unpaired) electrons. The molecule has 0 fully saturated rings. The molecule has 0 spiro atoms. The van der Waals surface area contributed by atoms with Gasteiger partial charge >= 0.3 is 0 Å². The van der Waals surface area contributed by atoms with Crippen molar-refractivity contribution >= 4 is 15.8 Å². The molecule has 0 atom stereocenters. The summed E-state index contributed by atoms with van der Waals surface area (Å²) in [4.78, 5) is 4.05. The molecule has 2 heterocycles. The molecule has 0 bridgehead atoms. The van der Waals surface area contributed by atoms with E-state index in [0.29, 0.717) is 18.2 Å². The molecule has 3 aromatic rings. The largest absolute Gasteiger partial charge is 0.478 e. The minimum Gasteiger partial charge on any atom is -0.478 e. The van der Waals surface area contributed by atoms with Crippen LogP contribution in [-0.2, 0) is 10.0 Å². The van der Waals surface area contributed by atoms with Gasteiger partial charge in [0.2, 0.25) is 5.88 Å². The lowest BCUT2D eigenvalue weighted by Gasteiger charge is -2.18. The SMILES string of the molecule is CCOc1ccc(S(=O)(=O)N(C)c2ccc(-c3ccccc3)nn2)cn1. The summed E-state index contributed by atoms with van der Waals surface area (Å²) in [7, 11) is -2.36. The van der Waals surface area contributed by atoms with Crippen LogP contribution in [0.15, 0.2) is 65.7 Å². The molecule has 1 aromatic carbocycles. The van der Waals surface area contributed by atoms with Crippen LogP contribution in [-0.4, -0.2) is 37.3 Å². The number of benzene rings is 1. The topological polar surface area (TPSA) is 85.3 Å². The Bertz CT molecular complexity index is 960. The molecule has 3 rings (SSSR count). The van der Waals surface area contributed by atoms with Crippen molar-refractivity contribution in [3.8, 4) is 17.1 Å². The van der Waals surface area contributed by atoms with E-state index in [2.05, 4.69) is 15.2 Å². The number of anilines is 1. The number of rotatable bonds is 6. The quantitative estimate of drug-likeness (QED) is 0.663. The van der Waals surface area contributed by atoms with Gasteiger partial charge in [-0.25, -0.2) is 13.4 Å². The van der Waals surface area contributed by atoms with E-state index in [4.69, 9.17) is 4.74 Å². The Hall–Kier alpha value is -3.00. The maximum absolute atomic E-state index is 12.7. The summed E-state index contributed by atoms with van der Waals surface area (Å²) in [6.07, 6.45) is 1.27. The molecule has 0 aliphatic heterocycles. The Kier molecular flexibility index (Phi) is 5.13. The molecule has 0 saturated carbocycles.